The van der Waals surface area contributed by atoms with Crippen LogP contribution in [-0.2, 0) is 6.54 Å². The van der Waals surface area contributed by atoms with Gasteiger partial charge in [-0.3, -0.25) is 0 Å². The fourth-order valence-electron chi connectivity index (χ4n) is 0.988. The second-order valence-electron chi connectivity index (χ2n) is 2.87. The van der Waals surface area contributed by atoms with Gasteiger partial charge in [0.05, 0.1) is 0 Å². The first-order valence-corrected chi connectivity index (χ1v) is 5.06. The number of carboxylic acid groups (broad SMARTS) is 1. The summed E-state index contributed by atoms with van der Waals surface area (Å²) in [7, 11) is 1.51. The van der Waals surface area contributed by atoms with Crippen molar-refractivity contribution in [1.29, 1.82) is 0 Å². The molecule has 1 rings (SSSR count). The smallest absolute Gasteiger partial charge is 0.407 e. The van der Waals surface area contributed by atoms with Crippen molar-refractivity contribution in [3.63, 3.8) is 0 Å². The minimum atomic E-state index is -0.961. The van der Waals surface area contributed by atoms with Crippen molar-refractivity contribution in [3.8, 4) is 0 Å². The quantitative estimate of drug-likeness (QED) is 0.902. The second kappa shape index (κ2) is 4.66. The summed E-state index contributed by atoms with van der Waals surface area (Å²) in [4.78, 5) is 11.8. The predicted octanol–water partition coefficient (Wildman–Crippen LogP) is 3.21. The molecule has 0 radical (unpaired) electrons. The number of halogens is 2. The lowest BCUT2D eigenvalue weighted by atomic mass is 10.2. The van der Waals surface area contributed by atoms with E-state index in [4.69, 9.17) is 16.7 Å². The van der Waals surface area contributed by atoms with Gasteiger partial charge in [0.2, 0.25) is 0 Å². The third-order valence-electron chi connectivity index (χ3n) is 1.74. The maximum atomic E-state index is 10.6. The van der Waals surface area contributed by atoms with E-state index in [1.807, 2.05) is 0 Å². The van der Waals surface area contributed by atoms with Crippen molar-refractivity contribution in [2.75, 3.05) is 7.05 Å². The van der Waals surface area contributed by atoms with Crippen LogP contribution in [0.4, 0.5) is 4.79 Å². The Bertz CT molecular complexity index is 357. The van der Waals surface area contributed by atoms with E-state index in [2.05, 4.69) is 15.9 Å². The first-order valence-electron chi connectivity index (χ1n) is 3.88. The van der Waals surface area contributed by atoms with E-state index >= 15 is 0 Å². The fraction of sp³-hybridized carbons (Fsp3) is 0.222. The van der Waals surface area contributed by atoms with E-state index in [0.29, 0.717) is 11.6 Å². The molecule has 1 aromatic rings. The van der Waals surface area contributed by atoms with Crippen molar-refractivity contribution in [2.24, 2.45) is 0 Å². The molecule has 1 N–H and O–H groups in total. The lowest BCUT2D eigenvalue weighted by Crippen LogP contribution is -2.24. The molecule has 0 heterocycles. The Labute approximate surface area is 95.4 Å². The fourth-order valence-corrected chi connectivity index (χ4v) is 1.55. The second-order valence-corrected chi connectivity index (χ2v) is 4.17. The van der Waals surface area contributed by atoms with Crippen LogP contribution < -0.4 is 0 Å². The Hall–Kier alpha value is -0.740. The van der Waals surface area contributed by atoms with E-state index in [1.165, 1.54) is 11.9 Å². The molecule has 76 valence electrons. The standard InChI is InChI=1S/C9H9BrClNO2/c1-12(9(13)14)5-6-4-7(11)2-3-8(6)10/h2-4H,5H2,1H3,(H,13,14). The summed E-state index contributed by atoms with van der Waals surface area (Å²) in [5.74, 6) is 0. The van der Waals surface area contributed by atoms with Gasteiger partial charge in [0, 0.05) is 23.1 Å². The molecule has 0 spiro atoms. The Morgan fingerprint density at radius 1 is 1.64 bits per heavy atom. The highest BCUT2D eigenvalue weighted by Crippen LogP contribution is 2.22. The number of rotatable bonds is 2. The highest BCUT2D eigenvalue weighted by atomic mass is 79.9. The first kappa shape index (κ1) is 11.3. The zero-order valence-electron chi connectivity index (χ0n) is 7.50. The highest BCUT2D eigenvalue weighted by molar-refractivity contribution is 9.10. The Balaban J connectivity index is 2.85. The largest absolute Gasteiger partial charge is 0.465 e. The van der Waals surface area contributed by atoms with E-state index in [-0.39, 0.29) is 0 Å². The molecule has 0 aliphatic rings. The van der Waals surface area contributed by atoms with Crippen LogP contribution in [0.2, 0.25) is 5.02 Å². The molecule has 0 saturated heterocycles. The van der Waals surface area contributed by atoms with E-state index < -0.39 is 6.09 Å². The molecule has 1 aromatic carbocycles. The zero-order chi connectivity index (χ0) is 10.7. The molecule has 3 nitrogen and oxygen atoms in total. The zero-order valence-corrected chi connectivity index (χ0v) is 9.84. The van der Waals surface area contributed by atoms with Crippen molar-refractivity contribution in [2.45, 2.75) is 6.54 Å². The average molecular weight is 279 g/mol. The summed E-state index contributed by atoms with van der Waals surface area (Å²) < 4.78 is 0.856. The van der Waals surface area contributed by atoms with Gasteiger partial charge >= 0.3 is 6.09 Å². The molecular formula is C9H9BrClNO2. The van der Waals surface area contributed by atoms with Crippen LogP contribution >= 0.6 is 27.5 Å². The van der Waals surface area contributed by atoms with E-state index in [0.717, 1.165) is 10.0 Å². The van der Waals surface area contributed by atoms with Crippen molar-refractivity contribution >= 4 is 33.6 Å². The van der Waals surface area contributed by atoms with Gasteiger partial charge in [0.1, 0.15) is 0 Å². The molecule has 1 amide bonds. The molecule has 0 saturated carbocycles. The van der Waals surface area contributed by atoms with Crippen molar-refractivity contribution in [3.05, 3.63) is 33.3 Å². The van der Waals surface area contributed by atoms with Gasteiger partial charge in [0.15, 0.2) is 0 Å². The molecule has 14 heavy (non-hydrogen) atoms. The van der Waals surface area contributed by atoms with E-state index in [1.54, 1.807) is 18.2 Å². The van der Waals surface area contributed by atoms with Crippen LogP contribution in [0.25, 0.3) is 0 Å². The number of amides is 1. The molecule has 5 heteroatoms. The van der Waals surface area contributed by atoms with Gasteiger partial charge in [-0.25, -0.2) is 4.79 Å². The summed E-state index contributed by atoms with van der Waals surface area (Å²) in [5.41, 5.74) is 0.849. The Kier molecular flexibility index (Phi) is 3.77. The molecule has 0 aliphatic heterocycles. The van der Waals surface area contributed by atoms with Crippen molar-refractivity contribution < 1.29 is 9.90 Å². The monoisotopic (exact) mass is 277 g/mol. The maximum Gasteiger partial charge on any atom is 0.407 e. The average Bonchev–Trinajstić information content (AvgIpc) is 2.11. The number of hydrogen-bond acceptors (Lipinski definition) is 1. The topological polar surface area (TPSA) is 40.5 Å². The van der Waals surface area contributed by atoms with Crippen LogP contribution in [0.1, 0.15) is 5.56 Å². The van der Waals surface area contributed by atoms with Crippen LogP contribution in [0.3, 0.4) is 0 Å². The Morgan fingerprint density at radius 3 is 2.86 bits per heavy atom. The van der Waals surface area contributed by atoms with Gasteiger partial charge in [-0.05, 0) is 23.8 Å². The lowest BCUT2D eigenvalue weighted by Gasteiger charge is -2.14. The summed E-state index contributed by atoms with van der Waals surface area (Å²) in [5, 5.41) is 9.28. The molecule has 0 fully saturated rings. The molecule has 0 unspecified atom stereocenters. The number of benzene rings is 1. The summed E-state index contributed by atoms with van der Waals surface area (Å²) in [6, 6.07) is 5.29. The van der Waals surface area contributed by atoms with Gasteiger partial charge in [-0.2, -0.15) is 0 Å². The number of nitrogens with zero attached hydrogens (tertiary/aromatic N) is 1. The van der Waals surface area contributed by atoms with Gasteiger partial charge in [-0.1, -0.05) is 27.5 Å². The molecular weight excluding hydrogens is 269 g/mol. The van der Waals surface area contributed by atoms with Gasteiger partial charge in [0.25, 0.3) is 0 Å². The van der Waals surface area contributed by atoms with Crippen molar-refractivity contribution in [1.82, 2.24) is 4.90 Å². The number of hydrogen-bond donors (Lipinski definition) is 1. The molecule has 0 aromatic heterocycles. The molecule has 0 atom stereocenters. The Morgan fingerprint density at radius 2 is 2.29 bits per heavy atom. The van der Waals surface area contributed by atoms with E-state index in [9.17, 15) is 4.79 Å². The summed E-state index contributed by atoms with van der Waals surface area (Å²) >= 11 is 9.12. The predicted molar refractivity (Wildman–Crippen MR) is 58.6 cm³/mol. The van der Waals surface area contributed by atoms with Gasteiger partial charge < -0.3 is 10.0 Å². The first-order chi connectivity index (χ1) is 6.50. The summed E-state index contributed by atoms with van der Waals surface area (Å²) in [6.45, 7) is 0.316. The molecule has 0 aliphatic carbocycles. The minimum absolute atomic E-state index is 0.316. The maximum absolute atomic E-state index is 10.6. The number of carbonyl (C=O) groups is 1. The SMILES string of the molecule is CN(Cc1cc(Cl)ccc1Br)C(=O)O. The lowest BCUT2D eigenvalue weighted by molar-refractivity contribution is 0.153. The van der Waals surface area contributed by atoms with Crippen LogP contribution in [-0.4, -0.2) is 23.1 Å². The van der Waals surface area contributed by atoms with Gasteiger partial charge in [-0.15, -0.1) is 0 Å². The normalized spacial score (nSPS) is 9.93. The third-order valence-corrected chi connectivity index (χ3v) is 2.75. The minimum Gasteiger partial charge on any atom is -0.465 e. The van der Waals surface area contributed by atoms with Crippen LogP contribution in [0.5, 0.6) is 0 Å². The highest BCUT2D eigenvalue weighted by Gasteiger charge is 2.08. The summed E-state index contributed by atoms with van der Waals surface area (Å²) in [6.07, 6.45) is -0.961. The molecule has 0 bridgehead atoms. The third kappa shape index (κ3) is 2.89. The van der Waals surface area contributed by atoms with Crippen LogP contribution in [0.15, 0.2) is 22.7 Å². The van der Waals surface area contributed by atoms with Crippen LogP contribution in [0, 0.1) is 0 Å².